The molecule has 0 spiro atoms. The maximum Gasteiger partial charge on any atom is 0.273 e. The van der Waals surface area contributed by atoms with Gasteiger partial charge in [0.05, 0.1) is 18.2 Å². The van der Waals surface area contributed by atoms with E-state index in [9.17, 15) is 5.11 Å². The molecule has 14 heavy (non-hydrogen) atoms. The van der Waals surface area contributed by atoms with Gasteiger partial charge in [0, 0.05) is 18.0 Å². The number of aromatic hydroxyl groups is 1. The van der Waals surface area contributed by atoms with E-state index in [1.54, 1.807) is 25.6 Å². The lowest BCUT2D eigenvalue weighted by Gasteiger charge is -1.95. The van der Waals surface area contributed by atoms with Crippen molar-refractivity contribution in [3.63, 3.8) is 0 Å². The van der Waals surface area contributed by atoms with Crippen LogP contribution in [0.3, 0.4) is 0 Å². The molecular formula is C9H8N2O2S. The van der Waals surface area contributed by atoms with E-state index >= 15 is 0 Å². The van der Waals surface area contributed by atoms with Gasteiger partial charge in [0.15, 0.2) is 0 Å². The van der Waals surface area contributed by atoms with Crippen molar-refractivity contribution < 1.29 is 9.84 Å². The van der Waals surface area contributed by atoms with Crippen LogP contribution in [-0.2, 0) is 0 Å². The van der Waals surface area contributed by atoms with Gasteiger partial charge in [-0.25, -0.2) is 4.98 Å². The zero-order valence-corrected chi connectivity index (χ0v) is 8.28. The Morgan fingerprint density at radius 3 is 2.86 bits per heavy atom. The van der Waals surface area contributed by atoms with Gasteiger partial charge >= 0.3 is 0 Å². The predicted molar refractivity (Wildman–Crippen MR) is 53.6 cm³/mol. The molecule has 2 rings (SSSR count). The van der Waals surface area contributed by atoms with Crippen molar-refractivity contribution in [2.45, 2.75) is 0 Å². The van der Waals surface area contributed by atoms with Crippen LogP contribution < -0.4 is 4.74 Å². The van der Waals surface area contributed by atoms with Crippen molar-refractivity contribution >= 4 is 11.3 Å². The van der Waals surface area contributed by atoms with Crippen molar-refractivity contribution in [1.82, 2.24) is 9.97 Å². The molecule has 0 aliphatic heterocycles. The third-order valence-corrected chi connectivity index (χ3v) is 2.68. The van der Waals surface area contributed by atoms with Gasteiger partial charge < -0.3 is 9.84 Å². The Hall–Kier alpha value is -1.62. The van der Waals surface area contributed by atoms with Crippen molar-refractivity contribution in [3.8, 4) is 21.4 Å². The average Bonchev–Trinajstić information content (AvgIpc) is 2.66. The van der Waals surface area contributed by atoms with Crippen LogP contribution in [0, 0.1) is 0 Å². The maximum atomic E-state index is 9.23. The van der Waals surface area contributed by atoms with Gasteiger partial charge in [0.2, 0.25) is 0 Å². The molecule has 4 nitrogen and oxygen atoms in total. The molecule has 0 fully saturated rings. The molecule has 0 aliphatic carbocycles. The van der Waals surface area contributed by atoms with Crippen LogP contribution in [-0.4, -0.2) is 22.2 Å². The Bertz CT molecular complexity index is 442. The van der Waals surface area contributed by atoms with Gasteiger partial charge in [0.25, 0.3) is 5.19 Å². The van der Waals surface area contributed by atoms with E-state index in [2.05, 4.69) is 9.97 Å². The second-order valence-electron chi connectivity index (χ2n) is 2.63. The first kappa shape index (κ1) is 8.96. The topological polar surface area (TPSA) is 55.2 Å². The fourth-order valence-electron chi connectivity index (χ4n) is 1.05. The van der Waals surface area contributed by atoms with Crippen LogP contribution in [0.4, 0.5) is 0 Å². The van der Waals surface area contributed by atoms with E-state index in [4.69, 9.17) is 4.74 Å². The minimum atomic E-state index is 0.148. The summed E-state index contributed by atoms with van der Waals surface area (Å²) in [5.41, 5.74) is 0.839. The highest BCUT2D eigenvalue weighted by Gasteiger charge is 2.04. The monoisotopic (exact) mass is 208 g/mol. The molecule has 2 heterocycles. The van der Waals surface area contributed by atoms with Gasteiger partial charge in [-0.1, -0.05) is 11.3 Å². The molecule has 1 N–H and O–H groups in total. The fraction of sp³-hybridized carbons (Fsp3) is 0.111. The third-order valence-electron chi connectivity index (χ3n) is 1.67. The molecule has 5 heteroatoms. The predicted octanol–water partition coefficient (Wildman–Crippen LogP) is 1.92. The summed E-state index contributed by atoms with van der Waals surface area (Å²) >= 11 is 1.41. The van der Waals surface area contributed by atoms with Crippen LogP contribution in [0.1, 0.15) is 0 Å². The smallest absolute Gasteiger partial charge is 0.273 e. The molecule has 0 saturated heterocycles. The lowest BCUT2D eigenvalue weighted by molar-refractivity contribution is 0.412. The summed E-state index contributed by atoms with van der Waals surface area (Å²) in [5, 5.41) is 9.83. The van der Waals surface area contributed by atoms with E-state index < -0.39 is 0 Å². The Kier molecular flexibility index (Phi) is 2.32. The van der Waals surface area contributed by atoms with Crippen molar-refractivity contribution in [1.29, 1.82) is 0 Å². The molecule has 0 radical (unpaired) electrons. The van der Waals surface area contributed by atoms with E-state index in [-0.39, 0.29) is 5.75 Å². The van der Waals surface area contributed by atoms with Crippen LogP contribution in [0.2, 0.25) is 0 Å². The molecule has 0 saturated carbocycles. The van der Waals surface area contributed by atoms with E-state index in [1.165, 1.54) is 17.5 Å². The number of hydrogen-bond acceptors (Lipinski definition) is 5. The van der Waals surface area contributed by atoms with E-state index in [1.807, 2.05) is 0 Å². The SMILES string of the molecule is COc1ncc(-c2cncc(O)c2)s1. The largest absolute Gasteiger partial charge is 0.506 e. The Labute approximate surface area is 84.8 Å². The number of methoxy groups -OCH3 is 1. The minimum Gasteiger partial charge on any atom is -0.506 e. The second-order valence-corrected chi connectivity index (χ2v) is 3.62. The first-order valence-corrected chi connectivity index (χ1v) is 4.75. The summed E-state index contributed by atoms with van der Waals surface area (Å²) in [6.45, 7) is 0. The van der Waals surface area contributed by atoms with Crippen molar-refractivity contribution in [3.05, 3.63) is 24.7 Å². The normalized spacial score (nSPS) is 10.1. The summed E-state index contributed by atoms with van der Waals surface area (Å²) in [6.07, 6.45) is 4.76. The van der Waals surface area contributed by atoms with Gasteiger partial charge in [0.1, 0.15) is 5.75 Å². The van der Waals surface area contributed by atoms with Gasteiger partial charge in [-0.3, -0.25) is 4.98 Å². The zero-order chi connectivity index (χ0) is 9.97. The van der Waals surface area contributed by atoms with E-state index in [0.29, 0.717) is 5.19 Å². The summed E-state index contributed by atoms with van der Waals surface area (Å²) in [6, 6.07) is 1.64. The Balaban J connectivity index is 2.39. The van der Waals surface area contributed by atoms with Crippen molar-refractivity contribution in [2.75, 3.05) is 7.11 Å². The fourth-order valence-corrected chi connectivity index (χ4v) is 1.76. The van der Waals surface area contributed by atoms with Crippen LogP contribution >= 0.6 is 11.3 Å². The molecule has 0 amide bonds. The lowest BCUT2D eigenvalue weighted by atomic mass is 10.2. The Morgan fingerprint density at radius 1 is 1.36 bits per heavy atom. The second kappa shape index (κ2) is 3.63. The van der Waals surface area contributed by atoms with Crippen LogP contribution in [0.15, 0.2) is 24.7 Å². The average molecular weight is 208 g/mol. The van der Waals surface area contributed by atoms with Gasteiger partial charge in [-0.2, -0.15) is 0 Å². The number of nitrogens with zero attached hydrogens (tertiary/aromatic N) is 2. The molecule has 0 bridgehead atoms. The number of hydrogen-bond donors (Lipinski definition) is 1. The molecule has 0 unspecified atom stereocenters. The molecule has 72 valence electrons. The van der Waals surface area contributed by atoms with Crippen LogP contribution in [0.25, 0.3) is 10.4 Å². The maximum absolute atomic E-state index is 9.23. The quantitative estimate of drug-likeness (QED) is 0.819. The first-order chi connectivity index (χ1) is 6.79. The highest BCUT2D eigenvalue weighted by Crippen LogP contribution is 2.30. The molecule has 0 aliphatic rings. The summed E-state index contributed by atoms with van der Waals surface area (Å²) < 4.78 is 4.97. The highest BCUT2D eigenvalue weighted by molar-refractivity contribution is 7.16. The summed E-state index contributed by atoms with van der Waals surface area (Å²) in [7, 11) is 1.57. The summed E-state index contributed by atoms with van der Waals surface area (Å²) in [5.74, 6) is 0.148. The van der Waals surface area contributed by atoms with Gasteiger partial charge in [-0.15, -0.1) is 0 Å². The number of thiazole rings is 1. The standard InChI is InChI=1S/C9H8N2O2S/c1-13-9-11-5-8(14-9)6-2-7(12)4-10-3-6/h2-5,12H,1H3. The molecule has 2 aromatic rings. The number of ether oxygens (including phenoxy) is 1. The number of rotatable bonds is 2. The molecule has 2 aromatic heterocycles. The molecule has 0 aromatic carbocycles. The van der Waals surface area contributed by atoms with Crippen LogP contribution in [0.5, 0.6) is 10.9 Å². The minimum absolute atomic E-state index is 0.148. The first-order valence-electron chi connectivity index (χ1n) is 3.94. The molecular weight excluding hydrogens is 200 g/mol. The van der Waals surface area contributed by atoms with Crippen molar-refractivity contribution in [2.24, 2.45) is 0 Å². The summed E-state index contributed by atoms with van der Waals surface area (Å²) in [4.78, 5) is 8.83. The Morgan fingerprint density at radius 2 is 2.21 bits per heavy atom. The zero-order valence-electron chi connectivity index (χ0n) is 7.47. The number of pyridine rings is 1. The third kappa shape index (κ3) is 1.67. The number of aromatic nitrogens is 2. The van der Waals surface area contributed by atoms with Gasteiger partial charge in [-0.05, 0) is 6.07 Å². The highest BCUT2D eigenvalue weighted by atomic mass is 32.1. The lowest BCUT2D eigenvalue weighted by Crippen LogP contribution is -1.76. The molecule has 0 atom stereocenters. The van der Waals surface area contributed by atoms with E-state index in [0.717, 1.165) is 10.4 Å².